The van der Waals surface area contributed by atoms with E-state index in [-0.39, 0.29) is 50.9 Å². The van der Waals surface area contributed by atoms with Gasteiger partial charge in [-0.15, -0.1) is 0 Å². The predicted octanol–water partition coefficient (Wildman–Crippen LogP) is -2.20. The van der Waals surface area contributed by atoms with E-state index in [0.717, 1.165) is 28.1 Å². The average molecular weight is 2160 g/mol. The van der Waals surface area contributed by atoms with E-state index in [4.69, 9.17) is 77.9 Å². The Bertz CT molecular complexity index is 5870. The van der Waals surface area contributed by atoms with Crippen molar-refractivity contribution in [1.82, 2.24) is 38.6 Å². The molecule has 5 saturated heterocycles. The zero-order valence-corrected chi connectivity index (χ0v) is 77.9. The van der Waals surface area contributed by atoms with Crippen LogP contribution >= 0.6 is 86.0 Å². The third-order valence-corrected chi connectivity index (χ3v) is 33.5. The van der Waals surface area contributed by atoms with Crippen LogP contribution in [0.4, 0.5) is 5.82 Å². The van der Waals surface area contributed by atoms with E-state index in [1.165, 1.54) is 99.9 Å². The number of aromatic nitrogens is 8. The number of phosphoric ester groups is 5. The van der Waals surface area contributed by atoms with Crippen molar-refractivity contribution in [2.24, 2.45) is 7.05 Å². The van der Waals surface area contributed by atoms with E-state index in [0.29, 0.717) is 17.2 Å². The number of nitrogens with zero attached hydrogens (tertiary/aromatic N) is 8. The van der Waals surface area contributed by atoms with Gasteiger partial charge >= 0.3 is 86.0 Å². The number of nitrogens with one attached hydrogen (secondary N) is 1. The maximum absolute atomic E-state index is 12.4. The van der Waals surface area contributed by atoms with E-state index < -0.39 is 242 Å². The van der Waals surface area contributed by atoms with E-state index in [9.17, 15) is 145 Å². The van der Waals surface area contributed by atoms with Crippen molar-refractivity contribution in [3.8, 4) is 34.5 Å². The Morgan fingerprint density at radius 1 is 0.326 bits per heavy atom. The molecule has 30 atom stereocenters. The SMILES string of the molecule is COc1ccc(O[C@@H]2O[C@H](COP(=O)(O)OP(=O)(O)OP(=O)(O)O)[C@@H](O)[C@H]2O)cc1.COc1ccc(O[C@@H]2O[C@H](COP(=O)(O)OP(=O)(O)OP(=O)(O)OP(=O)(O)OC[C@H]3O[C@@H](n4cnc5c(=N)n(C)cnc54)[C@H](O)[C@@H]3O)[C@@H](O)[C@H]2O)cc1.COc1ccc(O[C@@H]2O[C@H](COP(=O)(O)OP(=O)(O)OP(=O)(O)OP(=O)(O)OC[C@H]3O[C@@H](n4cnc5c(N)ncnc54)[C@H](O)[C@@H]3O)[C@@H](O)[C@H]2O)cc1. The first-order valence-corrected chi connectivity index (χ1v) is 53.1. The number of fused-ring (bicyclic) bond motifs is 2. The van der Waals surface area contributed by atoms with E-state index >= 15 is 0 Å². The molecule has 10 unspecified atom stereocenters. The molecule has 758 valence electrons. The minimum atomic E-state index is -6.18. The average Bonchev–Trinajstić information content (AvgIpc) is 1.62. The van der Waals surface area contributed by atoms with Crippen LogP contribution in [0.15, 0.2) is 98.1 Å². The second-order valence-electron chi connectivity index (χ2n) is 27.5. The Kier molecular flexibility index (Phi) is 36.8. The molecule has 4 aromatic heterocycles. The molecule has 0 spiro atoms. The molecule has 9 heterocycles. The largest absolute Gasteiger partial charge is 0.497 e. The van der Waals surface area contributed by atoms with Gasteiger partial charge in [0, 0.05) is 7.05 Å². The van der Waals surface area contributed by atoms with Crippen LogP contribution in [0.25, 0.3) is 22.3 Å². The van der Waals surface area contributed by atoms with Gasteiger partial charge in [0.15, 0.2) is 35.1 Å². The van der Waals surface area contributed by atoms with Crippen molar-refractivity contribution in [2.75, 3.05) is 60.1 Å². The van der Waals surface area contributed by atoms with Crippen molar-refractivity contribution in [2.45, 2.75) is 123 Å². The number of rotatable bonds is 42. The molecule has 7 aromatic rings. The molecule has 0 bridgehead atoms. The number of aliphatic hydroxyl groups is 10. The van der Waals surface area contributed by atoms with Crippen molar-refractivity contribution < 1.29 is 269 Å². The first-order chi connectivity index (χ1) is 62.5. The molecule has 0 saturated carbocycles. The van der Waals surface area contributed by atoms with Crippen LogP contribution in [-0.2, 0) is 138 Å². The lowest BCUT2D eigenvalue weighted by Crippen LogP contribution is -2.35. The van der Waals surface area contributed by atoms with Crippen LogP contribution in [0.5, 0.6) is 34.5 Å². The standard InChI is InChI=1S/C23H33N5O21P4.C22H31N5O21P4.C12H19O15P3/c1-27-9-26-21-15(20(27)24)25-10-28(21)22-18(31)16(29)13(45-22)7-42-50(33,34)47-52(37,38)49-53(39,40)48-51(35,36)43-8-14-17(30)19(32)23(46-14)44-12-5-3-11(41-2)4-6-12;1-40-10-2-4-11(5-3-10)43-22-18(31)16(29)13(45-22)7-42-50(34,35)47-52(38,39)48-51(36,37)46-49(32,33)41-6-12-15(28)17(30)21(44-12)27-9-26-14-19(23)24-8-25-20(14)27;1-22-7-2-4-8(5-3-7)24-12-11(14)10(13)9(25-12)6-23-29(18,19)27-30(20,21)26-28(15,16)17/h3-6,9-10,13-14,16-19,22-24,29-32H,7-8H2,1-2H3,(H,33,34)(H,35,36)(H,37,38)(H,39,40);2-5,8-9,12-13,15-18,21-22,28-31H,6-7H2,1H3,(H,32,33)(H,34,35)(H,36,37)(H,38,39)(H2,23,24,25);2-5,9-14H,6H2,1H3,(H,18,19)(H,20,21)(H2,15,16,17)/t13-,14-,16-,17-,18-,19-,22-,23-;12-,13-,15-,16-,17-,18-,21-,22-;9-,10-,11-,12-/m111/s1. The Labute approximate surface area is 752 Å². The Morgan fingerprint density at radius 3 is 0.867 bits per heavy atom. The summed E-state index contributed by atoms with van der Waals surface area (Å²) in [6.45, 7) is -5.34. The summed E-state index contributed by atoms with van der Waals surface area (Å²) in [5, 5.41) is 111. The molecular formula is C57H83N10O57P11. The van der Waals surface area contributed by atoms with Crippen LogP contribution in [0.3, 0.4) is 0 Å². The number of phosphoric acid groups is 11. The first kappa shape index (κ1) is 111. The Hall–Kier alpha value is -5.91. The number of imidazole rings is 2. The van der Waals surface area contributed by atoms with Gasteiger partial charge in [-0.3, -0.25) is 37.2 Å². The predicted molar refractivity (Wildman–Crippen MR) is 426 cm³/mol. The van der Waals surface area contributed by atoms with Crippen molar-refractivity contribution in [3.63, 3.8) is 0 Å². The van der Waals surface area contributed by atoms with Crippen molar-refractivity contribution in [1.29, 1.82) is 5.41 Å². The summed E-state index contributed by atoms with van der Waals surface area (Å²) in [6.07, 6.45) is -27.7. The van der Waals surface area contributed by atoms with Gasteiger partial charge in [0.2, 0.25) is 18.9 Å². The fraction of sp³-hybridized carbons (Fsp3) is 0.509. The van der Waals surface area contributed by atoms with Crippen LogP contribution in [0.1, 0.15) is 12.5 Å². The van der Waals surface area contributed by atoms with Gasteiger partial charge in [0.1, 0.15) is 143 Å². The van der Waals surface area contributed by atoms with E-state index in [2.05, 4.69) is 82.0 Å². The molecule has 25 N–H and O–H groups in total. The molecule has 5 aliphatic heterocycles. The highest BCUT2D eigenvalue weighted by Crippen LogP contribution is 2.74. The van der Waals surface area contributed by atoms with Crippen molar-refractivity contribution in [3.05, 3.63) is 104 Å². The smallest absolute Gasteiger partial charge is 0.490 e. The normalized spacial score (nSPS) is 30.3. The third-order valence-electron chi connectivity index (χ3n) is 17.9. The summed E-state index contributed by atoms with van der Waals surface area (Å²) in [6, 6.07) is 17.9. The maximum atomic E-state index is 12.4. The molecule has 135 heavy (non-hydrogen) atoms. The van der Waals surface area contributed by atoms with Gasteiger partial charge in [0.05, 0.1) is 73.3 Å². The Morgan fingerprint density at radius 2 is 0.578 bits per heavy atom. The monoisotopic (exact) mass is 2160 g/mol. The second-order valence-corrected chi connectivity index (χ2v) is 44.3. The molecule has 0 amide bonds. The first-order valence-electron chi connectivity index (χ1n) is 36.6. The zero-order chi connectivity index (χ0) is 100. The lowest BCUT2D eigenvalue weighted by molar-refractivity contribution is -0.115. The molecule has 5 fully saturated rings. The van der Waals surface area contributed by atoms with Crippen LogP contribution in [-0.4, -0.2) is 313 Å². The number of nitrogen functional groups attached to an aromatic ring is 1. The van der Waals surface area contributed by atoms with Gasteiger partial charge in [-0.05, 0) is 72.8 Å². The number of anilines is 1. The molecule has 67 nitrogen and oxygen atoms in total. The summed E-state index contributed by atoms with van der Waals surface area (Å²) in [5.74, 6) is 2.05. The number of methoxy groups -OCH3 is 3. The number of aryl methyl sites for hydroxylation is 1. The third kappa shape index (κ3) is 30.8. The highest BCUT2D eigenvalue weighted by atomic mass is 31.3. The van der Waals surface area contributed by atoms with Gasteiger partial charge in [-0.1, -0.05) is 0 Å². The maximum Gasteiger partial charge on any atom is 0.490 e. The number of ether oxygens (including phenoxy) is 11. The van der Waals surface area contributed by atoms with Gasteiger partial charge in [-0.25, -0.2) is 75.1 Å². The molecule has 78 heteroatoms. The minimum Gasteiger partial charge on any atom is -0.497 e. The quantitative estimate of drug-likeness (QED) is 0.0181. The highest BCUT2D eigenvalue weighted by Gasteiger charge is 2.55. The molecule has 5 aliphatic rings. The van der Waals surface area contributed by atoms with Gasteiger partial charge in [-0.2, -0.15) is 34.5 Å². The summed E-state index contributed by atoms with van der Waals surface area (Å²) in [7, 11) is -58.5. The van der Waals surface area contributed by atoms with Crippen LogP contribution < -0.4 is 39.6 Å². The molecule has 0 radical (unpaired) electrons. The number of nitrogens with two attached hydrogens (primary N) is 1. The molecule has 3 aromatic carbocycles. The minimum absolute atomic E-state index is 0.0113. The van der Waals surface area contributed by atoms with Crippen molar-refractivity contribution >= 4 is 114 Å². The van der Waals surface area contributed by atoms with E-state index in [1.54, 1.807) is 12.1 Å². The number of benzene rings is 3. The van der Waals surface area contributed by atoms with Crippen LogP contribution in [0, 0.1) is 5.41 Å². The number of aliphatic hydroxyl groups excluding tert-OH is 10. The zero-order valence-electron chi connectivity index (χ0n) is 68.0. The topological polar surface area (TPSA) is 983 Å². The molecule has 12 rings (SSSR count). The summed E-state index contributed by atoms with van der Waals surface area (Å²) >= 11 is 0. The van der Waals surface area contributed by atoms with Crippen LogP contribution in [0.2, 0.25) is 0 Å². The number of hydrogen-bond donors (Lipinski definition) is 24. The Balaban J connectivity index is 0.000000218. The summed E-state index contributed by atoms with van der Waals surface area (Å²) < 4.78 is 246. The van der Waals surface area contributed by atoms with Gasteiger partial charge in [0.25, 0.3) is 0 Å². The summed E-state index contributed by atoms with van der Waals surface area (Å²) in [4.78, 5) is 134. The fourth-order valence-corrected chi connectivity index (χ4v) is 24.7. The number of hydrogen-bond acceptors (Lipinski definition) is 52. The van der Waals surface area contributed by atoms with Gasteiger partial charge < -0.3 is 172 Å². The molecular weight excluding hydrogens is 2080 g/mol. The fourth-order valence-electron chi connectivity index (χ4n) is 11.7. The lowest BCUT2D eigenvalue weighted by Gasteiger charge is -2.21. The second kappa shape index (κ2) is 44.7. The lowest BCUT2D eigenvalue weighted by atomic mass is 10.1. The highest BCUT2D eigenvalue weighted by molar-refractivity contribution is 7.70. The summed E-state index contributed by atoms with van der Waals surface area (Å²) in [5.41, 5.74) is 6.06. The molecule has 0 aliphatic carbocycles. The van der Waals surface area contributed by atoms with E-state index in [1.807, 2.05) is 0 Å².